The van der Waals surface area contributed by atoms with Crippen LogP contribution in [0.15, 0.2) is 33.7 Å². The van der Waals surface area contributed by atoms with Crippen LogP contribution < -0.4 is 0 Å². The average Bonchev–Trinajstić information content (AvgIpc) is 3.22. The lowest BCUT2D eigenvalue weighted by Crippen LogP contribution is -2.48. The molecule has 0 radical (unpaired) electrons. The Hall–Kier alpha value is -2.26. The molecule has 1 atom stereocenters. The Morgan fingerprint density at radius 1 is 1.30 bits per heavy atom. The SMILES string of the molecule is CC(=O)N1CCCC1c1nc(C2CN(S(=O)(=O)c3cccc(C)c3)C2)no1. The summed E-state index contributed by atoms with van der Waals surface area (Å²) in [5.41, 5.74) is 0.905. The fourth-order valence-corrected chi connectivity index (χ4v) is 5.31. The van der Waals surface area contributed by atoms with Gasteiger partial charge in [0.15, 0.2) is 5.82 Å². The number of aromatic nitrogens is 2. The van der Waals surface area contributed by atoms with E-state index in [4.69, 9.17) is 4.52 Å². The molecule has 2 saturated heterocycles. The first-order valence-electron chi connectivity index (χ1n) is 9.04. The number of nitrogens with zero attached hydrogens (tertiary/aromatic N) is 4. The lowest BCUT2D eigenvalue weighted by Gasteiger charge is -2.36. The molecule has 8 nitrogen and oxygen atoms in total. The van der Waals surface area contributed by atoms with Crippen molar-refractivity contribution in [2.45, 2.75) is 43.5 Å². The van der Waals surface area contributed by atoms with Gasteiger partial charge in [0.25, 0.3) is 0 Å². The molecule has 0 spiro atoms. The highest BCUT2D eigenvalue weighted by Gasteiger charge is 2.41. The predicted octanol–water partition coefficient (Wildman–Crippen LogP) is 1.85. The van der Waals surface area contributed by atoms with Crippen LogP contribution in [0.2, 0.25) is 0 Å². The average molecular weight is 390 g/mol. The molecule has 1 aromatic carbocycles. The minimum absolute atomic E-state index is 0.00341. The number of rotatable bonds is 4. The Morgan fingerprint density at radius 3 is 2.78 bits per heavy atom. The van der Waals surface area contributed by atoms with E-state index < -0.39 is 10.0 Å². The van der Waals surface area contributed by atoms with Gasteiger partial charge in [-0.2, -0.15) is 9.29 Å². The summed E-state index contributed by atoms with van der Waals surface area (Å²) in [5.74, 6) is 0.861. The van der Waals surface area contributed by atoms with Gasteiger partial charge in [0, 0.05) is 26.6 Å². The minimum atomic E-state index is -3.50. The molecule has 144 valence electrons. The molecule has 2 fully saturated rings. The van der Waals surface area contributed by atoms with Gasteiger partial charge < -0.3 is 9.42 Å². The lowest BCUT2D eigenvalue weighted by molar-refractivity contribution is -0.130. The fraction of sp³-hybridized carbons (Fsp3) is 0.500. The van der Waals surface area contributed by atoms with Crippen molar-refractivity contribution >= 4 is 15.9 Å². The molecule has 1 aromatic heterocycles. The zero-order valence-corrected chi connectivity index (χ0v) is 16.1. The number of carbonyl (C=O) groups is 1. The van der Waals surface area contributed by atoms with Crippen molar-refractivity contribution in [2.24, 2.45) is 0 Å². The van der Waals surface area contributed by atoms with Crippen LogP contribution in [-0.4, -0.2) is 53.3 Å². The van der Waals surface area contributed by atoms with Crippen molar-refractivity contribution in [1.82, 2.24) is 19.3 Å². The number of benzene rings is 1. The van der Waals surface area contributed by atoms with E-state index in [0.717, 1.165) is 18.4 Å². The zero-order chi connectivity index (χ0) is 19.2. The molecule has 1 unspecified atom stereocenters. The highest BCUT2D eigenvalue weighted by Crippen LogP contribution is 2.34. The molecule has 9 heteroatoms. The number of sulfonamides is 1. The van der Waals surface area contributed by atoms with Gasteiger partial charge in [-0.25, -0.2) is 8.42 Å². The summed E-state index contributed by atoms with van der Waals surface area (Å²) in [4.78, 5) is 18.2. The first-order valence-corrected chi connectivity index (χ1v) is 10.5. The van der Waals surface area contributed by atoms with Crippen molar-refractivity contribution in [3.05, 3.63) is 41.5 Å². The molecule has 0 aliphatic carbocycles. The summed E-state index contributed by atoms with van der Waals surface area (Å²) in [7, 11) is -3.50. The third-order valence-electron chi connectivity index (χ3n) is 5.24. The van der Waals surface area contributed by atoms with Gasteiger partial charge >= 0.3 is 0 Å². The van der Waals surface area contributed by atoms with Crippen LogP contribution in [0.1, 0.15) is 49.0 Å². The molecule has 0 bridgehead atoms. The predicted molar refractivity (Wildman–Crippen MR) is 96.3 cm³/mol. The summed E-state index contributed by atoms with van der Waals surface area (Å²) >= 11 is 0. The summed E-state index contributed by atoms with van der Waals surface area (Å²) in [6.07, 6.45) is 1.72. The molecule has 2 aliphatic heterocycles. The molecule has 27 heavy (non-hydrogen) atoms. The van der Waals surface area contributed by atoms with Crippen LogP contribution in [0, 0.1) is 6.92 Å². The van der Waals surface area contributed by atoms with E-state index in [1.807, 2.05) is 13.0 Å². The van der Waals surface area contributed by atoms with Gasteiger partial charge in [-0.3, -0.25) is 4.79 Å². The Bertz CT molecular complexity index is 965. The van der Waals surface area contributed by atoms with Gasteiger partial charge in [0.05, 0.1) is 10.8 Å². The van der Waals surface area contributed by atoms with Gasteiger partial charge in [0.1, 0.15) is 6.04 Å². The van der Waals surface area contributed by atoms with Gasteiger partial charge in [0.2, 0.25) is 21.8 Å². The van der Waals surface area contributed by atoms with Crippen molar-refractivity contribution in [3.8, 4) is 0 Å². The van der Waals surface area contributed by atoms with E-state index in [0.29, 0.717) is 36.2 Å². The largest absolute Gasteiger partial charge is 0.337 e. The van der Waals surface area contributed by atoms with Crippen LogP contribution in [0.3, 0.4) is 0 Å². The third-order valence-corrected chi connectivity index (χ3v) is 7.07. The van der Waals surface area contributed by atoms with E-state index in [9.17, 15) is 13.2 Å². The first kappa shape index (κ1) is 18.1. The Labute approximate surface area is 158 Å². The molecule has 2 aromatic rings. The maximum absolute atomic E-state index is 12.7. The summed E-state index contributed by atoms with van der Waals surface area (Å²) < 4.78 is 32.2. The van der Waals surface area contributed by atoms with Crippen LogP contribution in [0.5, 0.6) is 0 Å². The quantitative estimate of drug-likeness (QED) is 0.790. The van der Waals surface area contributed by atoms with Crippen molar-refractivity contribution < 1.29 is 17.7 Å². The van der Waals surface area contributed by atoms with Crippen LogP contribution in [-0.2, 0) is 14.8 Å². The second-order valence-electron chi connectivity index (χ2n) is 7.20. The smallest absolute Gasteiger partial charge is 0.249 e. The third kappa shape index (κ3) is 3.25. The highest BCUT2D eigenvalue weighted by atomic mass is 32.2. The van der Waals surface area contributed by atoms with Crippen LogP contribution in [0.4, 0.5) is 0 Å². The molecule has 2 aliphatic rings. The van der Waals surface area contributed by atoms with Gasteiger partial charge in [-0.15, -0.1) is 0 Å². The standard InChI is InChI=1S/C18H22N4O4S/c1-12-5-3-6-15(9-12)27(24,25)21-10-14(11-21)17-19-18(26-20-17)16-7-4-8-22(16)13(2)23/h3,5-6,9,14,16H,4,7-8,10-11H2,1-2H3. The Balaban J connectivity index is 1.45. The van der Waals surface area contributed by atoms with Crippen LogP contribution >= 0.6 is 0 Å². The van der Waals surface area contributed by atoms with E-state index in [1.165, 1.54) is 11.2 Å². The highest BCUT2D eigenvalue weighted by molar-refractivity contribution is 7.89. The second-order valence-corrected chi connectivity index (χ2v) is 9.13. The first-order chi connectivity index (χ1) is 12.9. The number of carbonyl (C=O) groups excluding carboxylic acids is 1. The van der Waals surface area contributed by atoms with E-state index in [-0.39, 0.29) is 17.9 Å². The molecular weight excluding hydrogens is 368 g/mol. The number of amides is 1. The molecule has 4 rings (SSSR count). The van der Waals surface area contributed by atoms with Gasteiger partial charge in [-0.1, -0.05) is 17.3 Å². The van der Waals surface area contributed by atoms with Crippen molar-refractivity contribution in [3.63, 3.8) is 0 Å². The number of hydrogen-bond donors (Lipinski definition) is 0. The molecule has 0 N–H and O–H groups in total. The number of aryl methyl sites for hydroxylation is 1. The summed E-state index contributed by atoms with van der Waals surface area (Å²) in [6.45, 7) is 4.76. The molecule has 1 amide bonds. The topological polar surface area (TPSA) is 96.6 Å². The minimum Gasteiger partial charge on any atom is -0.337 e. The maximum atomic E-state index is 12.7. The monoisotopic (exact) mass is 390 g/mol. The van der Waals surface area contributed by atoms with Crippen molar-refractivity contribution in [2.75, 3.05) is 19.6 Å². The lowest BCUT2D eigenvalue weighted by atomic mass is 10.0. The fourth-order valence-electron chi connectivity index (χ4n) is 3.67. The maximum Gasteiger partial charge on any atom is 0.249 e. The normalized spacial score (nSPS) is 21.4. The number of likely N-dealkylation sites (tertiary alicyclic amines) is 1. The second kappa shape index (κ2) is 6.72. The molecule has 3 heterocycles. The van der Waals surface area contributed by atoms with Crippen LogP contribution in [0.25, 0.3) is 0 Å². The van der Waals surface area contributed by atoms with Crippen molar-refractivity contribution in [1.29, 1.82) is 0 Å². The van der Waals surface area contributed by atoms with E-state index in [2.05, 4.69) is 10.1 Å². The van der Waals surface area contributed by atoms with Gasteiger partial charge in [-0.05, 0) is 37.5 Å². The Kier molecular flexibility index (Phi) is 4.51. The molecule has 0 saturated carbocycles. The van der Waals surface area contributed by atoms with E-state index in [1.54, 1.807) is 23.1 Å². The molecular formula is C18H22N4O4S. The van der Waals surface area contributed by atoms with E-state index >= 15 is 0 Å². The summed E-state index contributed by atoms with van der Waals surface area (Å²) in [6, 6.07) is 6.72. The number of hydrogen-bond acceptors (Lipinski definition) is 6. The summed E-state index contributed by atoms with van der Waals surface area (Å²) in [5, 5.41) is 4.03. The zero-order valence-electron chi connectivity index (χ0n) is 15.3. The Morgan fingerprint density at radius 2 is 2.07 bits per heavy atom.